The highest BCUT2D eigenvalue weighted by atomic mass is 15.1. The third-order valence-electron chi connectivity index (χ3n) is 6.17. The van der Waals surface area contributed by atoms with Crippen LogP contribution in [0.15, 0.2) is 48.7 Å². The first-order valence-corrected chi connectivity index (χ1v) is 9.57. The number of anilines is 2. The van der Waals surface area contributed by atoms with Crippen LogP contribution in [0.3, 0.4) is 0 Å². The van der Waals surface area contributed by atoms with E-state index in [0.717, 1.165) is 5.56 Å². The largest absolute Gasteiger partial charge is 0.343 e. The smallest absolute Gasteiger partial charge is 0.239 e. The van der Waals surface area contributed by atoms with E-state index in [9.17, 15) is 0 Å². The molecule has 0 saturated carbocycles. The number of pyridine rings is 1. The zero-order chi connectivity index (χ0) is 19.6. The molecule has 0 N–H and O–H groups in total. The monoisotopic (exact) mass is 364 g/mol. The van der Waals surface area contributed by atoms with E-state index in [-0.39, 0.29) is 0 Å². The van der Waals surface area contributed by atoms with Gasteiger partial charge in [0.1, 0.15) is 7.05 Å². The molecule has 0 amide bonds. The number of hydrogen-bond acceptors (Lipinski definition) is 1. The molecule has 1 aromatic heterocycles. The van der Waals surface area contributed by atoms with Crippen LogP contribution in [0.5, 0.6) is 0 Å². The fourth-order valence-corrected chi connectivity index (χ4v) is 4.88. The van der Waals surface area contributed by atoms with E-state index < -0.39 is 0 Å². The molecule has 0 spiro atoms. The van der Waals surface area contributed by atoms with Gasteiger partial charge in [-0.3, -0.25) is 0 Å². The Labute approximate surface area is 165 Å². The second kappa shape index (κ2) is 5.81. The summed E-state index contributed by atoms with van der Waals surface area (Å²) < 4.78 is 2.24. The van der Waals surface area contributed by atoms with Crippen LogP contribution in [-0.4, -0.2) is 7.05 Å². The van der Waals surface area contributed by atoms with Gasteiger partial charge in [-0.2, -0.15) is 0 Å². The zero-order valence-electron chi connectivity index (χ0n) is 16.7. The van der Waals surface area contributed by atoms with Gasteiger partial charge < -0.3 is 9.74 Å². The fraction of sp³-hybridized carbons (Fsp3) is 0.200. The second-order valence-corrected chi connectivity index (χ2v) is 7.75. The summed E-state index contributed by atoms with van der Waals surface area (Å²) in [5, 5.41) is 5.09. The maximum Gasteiger partial charge on any atom is 0.239 e. The maximum atomic E-state index is 7.29. The van der Waals surface area contributed by atoms with Gasteiger partial charge in [-0.15, -0.1) is 0 Å². The molecule has 4 aromatic rings. The molecule has 5 rings (SSSR count). The highest BCUT2D eigenvalue weighted by molar-refractivity contribution is 6.14. The van der Waals surface area contributed by atoms with Crippen LogP contribution in [0.4, 0.5) is 11.4 Å². The lowest BCUT2D eigenvalue weighted by Gasteiger charge is -2.32. The molecule has 3 aromatic carbocycles. The number of aryl methyl sites for hydroxylation is 3. The van der Waals surface area contributed by atoms with Crippen molar-refractivity contribution >= 4 is 32.9 Å². The first-order valence-electron chi connectivity index (χ1n) is 9.57. The Balaban J connectivity index is 2.02. The maximum absolute atomic E-state index is 7.29. The summed E-state index contributed by atoms with van der Waals surface area (Å²) in [4.78, 5) is 5.94. The van der Waals surface area contributed by atoms with Gasteiger partial charge in [0, 0.05) is 18.7 Å². The van der Waals surface area contributed by atoms with Crippen molar-refractivity contribution in [1.29, 1.82) is 0 Å². The molecule has 0 unspecified atom stereocenters. The van der Waals surface area contributed by atoms with E-state index in [1.807, 2.05) is 0 Å². The highest BCUT2D eigenvalue weighted by Crippen LogP contribution is 2.50. The number of nitrogens with zero attached hydrogens (tertiary/aromatic N) is 3. The molecule has 0 aliphatic carbocycles. The van der Waals surface area contributed by atoms with E-state index in [1.165, 1.54) is 55.3 Å². The van der Waals surface area contributed by atoms with E-state index in [0.29, 0.717) is 6.54 Å². The Hall–Kier alpha value is -3.38. The van der Waals surface area contributed by atoms with Crippen LogP contribution >= 0.6 is 0 Å². The average Bonchev–Trinajstić information content (AvgIpc) is 2.70. The predicted molar refractivity (Wildman–Crippen MR) is 116 cm³/mol. The third-order valence-corrected chi connectivity index (χ3v) is 6.17. The van der Waals surface area contributed by atoms with Gasteiger partial charge in [-0.1, -0.05) is 24.3 Å². The van der Waals surface area contributed by atoms with E-state index >= 15 is 0 Å². The fourth-order valence-electron chi connectivity index (χ4n) is 4.88. The van der Waals surface area contributed by atoms with Crippen LogP contribution in [0.25, 0.3) is 37.6 Å². The van der Waals surface area contributed by atoms with Crippen LogP contribution in [0, 0.1) is 20.4 Å². The quantitative estimate of drug-likeness (QED) is 0.316. The number of rotatable bonds is 1. The van der Waals surface area contributed by atoms with Crippen molar-refractivity contribution in [2.75, 3.05) is 11.9 Å². The summed E-state index contributed by atoms with van der Waals surface area (Å²) in [7, 11) is 4.29. The molecule has 136 valence electrons. The van der Waals surface area contributed by atoms with E-state index in [1.54, 1.807) is 0 Å². The summed E-state index contributed by atoms with van der Waals surface area (Å²) in [6.07, 6.45) is 2.14. The molecule has 0 radical (unpaired) electrons. The molecule has 3 heteroatoms. The van der Waals surface area contributed by atoms with Crippen molar-refractivity contribution in [3.8, 4) is 11.3 Å². The minimum atomic E-state index is 0.412. The molecule has 3 nitrogen and oxygen atoms in total. The molecule has 0 bridgehead atoms. The lowest BCUT2D eigenvalue weighted by molar-refractivity contribution is -0.659. The lowest BCUT2D eigenvalue weighted by Crippen LogP contribution is -2.33. The minimum absolute atomic E-state index is 0.412. The molecule has 28 heavy (non-hydrogen) atoms. The van der Waals surface area contributed by atoms with Gasteiger partial charge in [-0.25, -0.2) is 11.1 Å². The second-order valence-electron chi connectivity index (χ2n) is 7.75. The number of hydrogen-bond donors (Lipinski definition) is 0. The third kappa shape index (κ3) is 2.06. The van der Waals surface area contributed by atoms with Gasteiger partial charge in [-0.05, 0) is 53.3 Å². The van der Waals surface area contributed by atoms with Crippen molar-refractivity contribution in [3.63, 3.8) is 0 Å². The normalized spacial score (nSPS) is 12.3. The first-order chi connectivity index (χ1) is 13.5. The van der Waals surface area contributed by atoms with E-state index in [4.69, 9.17) is 6.57 Å². The van der Waals surface area contributed by atoms with Crippen LogP contribution in [-0.2, 0) is 13.6 Å². The molecular weight excluding hydrogens is 342 g/mol. The Morgan fingerprint density at radius 3 is 2.46 bits per heavy atom. The highest BCUT2D eigenvalue weighted by Gasteiger charge is 2.33. The summed E-state index contributed by atoms with van der Waals surface area (Å²) in [5.74, 6) is 0. The SMILES string of the molecule is [C-]#[N+]Cc1cc2c3c([n+](C)ccc3c1)-c1c(c(C)c3ccccc3c1C)N2C. The average molecular weight is 364 g/mol. The first kappa shape index (κ1) is 16.8. The van der Waals surface area contributed by atoms with Crippen molar-refractivity contribution in [2.45, 2.75) is 20.4 Å². The van der Waals surface area contributed by atoms with Gasteiger partial charge in [0.25, 0.3) is 0 Å². The standard InChI is InChI=1S/C25H22N3/c1-15-19-8-6-7-9-20(19)16(2)24-22(15)25-23-18(10-11-27(25)4)12-17(14-26-3)13-21(23)28(24)5/h6-13H,14H2,1-2,4-5H3/q+1. The van der Waals surface area contributed by atoms with Crippen molar-refractivity contribution in [1.82, 2.24) is 0 Å². The van der Waals surface area contributed by atoms with Crippen molar-refractivity contribution in [3.05, 3.63) is 76.8 Å². The summed E-state index contributed by atoms with van der Waals surface area (Å²) in [6, 6.07) is 15.2. The van der Waals surface area contributed by atoms with Gasteiger partial charge in [0.15, 0.2) is 6.20 Å². The molecule has 1 aliphatic rings. The van der Waals surface area contributed by atoms with Gasteiger partial charge >= 0.3 is 0 Å². The number of benzene rings is 3. The molecule has 0 fully saturated rings. The minimum Gasteiger partial charge on any atom is -0.343 e. The molecule has 1 aliphatic heterocycles. The summed E-state index contributed by atoms with van der Waals surface area (Å²) >= 11 is 0. The Kier molecular flexibility index (Phi) is 3.48. The zero-order valence-corrected chi connectivity index (χ0v) is 16.7. The Morgan fingerprint density at radius 1 is 1.04 bits per heavy atom. The van der Waals surface area contributed by atoms with E-state index in [2.05, 4.69) is 90.9 Å². The Bertz CT molecular complexity index is 1340. The summed E-state index contributed by atoms with van der Waals surface area (Å²) in [6.45, 7) is 12.2. The van der Waals surface area contributed by atoms with Crippen LogP contribution in [0.1, 0.15) is 16.7 Å². The van der Waals surface area contributed by atoms with Crippen molar-refractivity contribution in [2.24, 2.45) is 7.05 Å². The molecular formula is C25H22N3+. The van der Waals surface area contributed by atoms with Gasteiger partial charge in [0.2, 0.25) is 12.2 Å². The topological polar surface area (TPSA) is 11.5 Å². The van der Waals surface area contributed by atoms with Crippen molar-refractivity contribution < 1.29 is 4.57 Å². The Morgan fingerprint density at radius 2 is 1.75 bits per heavy atom. The predicted octanol–water partition coefficient (Wildman–Crippen LogP) is 5.60. The molecule has 2 heterocycles. The molecule has 0 atom stereocenters. The number of fused-ring (bicyclic) bond motifs is 3. The van der Waals surface area contributed by atoms with Crippen LogP contribution < -0.4 is 9.47 Å². The van der Waals surface area contributed by atoms with Gasteiger partial charge in [0.05, 0.1) is 22.3 Å². The number of aromatic nitrogens is 1. The summed E-state index contributed by atoms with van der Waals surface area (Å²) in [5.41, 5.74) is 8.74. The molecule has 0 saturated heterocycles. The lowest BCUT2D eigenvalue weighted by atomic mass is 9.86. The van der Waals surface area contributed by atoms with Crippen LogP contribution in [0.2, 0.25) is 0 Å².